The lowest BCUT2D eigenvalue weighted by molar-refractivity contribution is -0.122. The number of nitrogens with two attached hydrogens (primary N) is 1. The summed E-state index contributed by atoms with van der Waals surface area (Å²) in [4.78, 5) is 26.2. The molecular weight excluding hydrogens is 451 g/mol. The number of carbonyl (C=O) groups excluding carboxylic acids is 2. The largest absolute Gasteiger partial charge is 0.368 e. The summed E-state index contributed by atoms with van der Waals surface area (Å²) >= 11 is 12.2. The molecule has 1 saturated heterocycles. The summed E-state index contributed by atoms with van der Waals surface area (Å²) in [6, 6.07) is 8.82. The molecule has 2 unspecified atom stereocenters. The van der Waals surface area contributed by atoms with Crippen molar-refractivity contribution in [2.45, 2.75) is 49.6 Å². The van der Waals surface area contributed by atoms with E-state index in [4.69, 9.17) is 36.8 Å². The highest BCUT2D eigenvalue weighted by Crippen LogP contribution is 2.50. The molecule has 2 aromatic carbocycles. The molecule has 32 heavy (non-hydrogen) atoms. The van der Waals surface area contributed by atoms with E-state index in [0.29, 0.717) is 23.6 Å². The van der Waals surface area contributed by atoms with Crippen molar-refractivity contribution < 1.29 is 14.0 Å². The van der Waals surface area contributed by atoms with E-state index in [1.807, 2.05) is 0 Å². The third kappa shape index (κ3) is 4.14. The molecule has 2 fully saturated rings. The summed E-state index contributed by atoms with van der Waals surface area (Å²) in [5, 5.41) is 6.49. The number of hydrogen-bond donors (Lipinski definition) is 3. The second-order valence-corrected chi connectivity index (χ2v) is 9.43. The number of benzene rings is 2. The van der Waals surface area contributed by atoms with Gasteiger partial charge in [-0.15, -0.1) is 0 Å². The van der Waals surface area contributed by atoms with Crippen molar-refractivity contribution in [2.75, 3.05) is 5.32 Å². The first-order valence-corrected chi connectivity index (χ1v) is 11.4. The lowest BCUT2D eigenvalue weighted by Gasteiger charge is -2.39. The zero-order valence-electron chi connectivity index (χ0n) is 17.3. The van der Waals surface area contributed by atoms with Gasteiger partial charge in [-0.3, -0.25) is 14.9 Å². The summed E-state index contributed by atoms with van der Waals surface area (Å²) in [5.41, 5.74) is 5.80. The molecule has 1 heterocycles. The molecule has 3 atom stereocenters. The highest BCUT2D eigenvalue weighted by atomic mass is 35.5. The van der Waals surface area contributed by atoms with Crippen LogP contribution in [0.5, 0.6) is 0 Å². The van der Waals surface area contributed by atoms with Crippen LogP contribution in [0.4, 0.5) is 10.1 Å². The maximum Gasteiger partial charge on any atom is 0.235 e. The van der Waals surface area contributed by atoms with Gasteiger partial charge in [0.15, 0.2) is 0 Å². The fourth-order valence-corrected chi connectivity index (χ4v) is 5.67. The van der Waals surface area contributed by atoms with Crippen molar-refractivity contribution in [3.8, 4) is 0 Å². The first-order valence-electron chi connectivity index (χ1n) is 10.6. The second-order valence-electron chi connectivity index (χ2n) is 8.62. The van der Waals surface area contributed by atoms with Crippen LogP contribution in [0.3, 0.4) is 0 Å². The van der Waals surface area contributed by atoms with Crippen LogP contribution >= 0.6 is 23.2 Å². The van der Waals surface area contributed by atoms with E-state index in [1.54, 1.807) is 24.3 Å². The van der Waals surface area contributed by atoms with E-state index in [2.05, 4.69) is 10.6 Å². The van der Waals surface area contributed by atoms with Crippen LogP contribution in [0.2, 0.25) is 10.0 Å². The Kier molecular flexibility index (Phi) is 6.52. The number of rotatable bonds is 4. The third-order valence-corrected chi connectivity index (χ3v) is 7.30. The topological polar surface area (TPSA) is 84.2 Å². The molecule has 9 heteroatoms. The molecule has 5 nitrogen and oxygen atoms in total. The second kappa shape index (κ2) is 9.04. The van der Waals surface area contributed by atoms with E-state index >= 15 is 4.39 Å². The predicted octanol–water partition coefficient (Wildman–Crippen LogP) is 3.42. The number of hydrogen-bond acceptors (Lipinski definition) is 3. The molecule has 2 aromatic rings. The maximum absolute atomic E-state index is 15.3. The van der Waals surface area contributed by atoms with E-state index < -0.39 is 35.1 Å². The van der Waals surface area contributed by atoms with Crippen molar-refractivity contribution >= 4 is 54.0 Å². The van der Waals surface area contributed by atoms with Crippen LogP contribution in [0.15, 0.2) is 36.4 Å². The van der Waals surface area contributed by atoms with Crippen molar-refractivity contribution in [1.82, 2.24) is 5.32 Å². The molecule has 2 amide bonds. The molecule has 166 valence electrons. The van der Waals surface area contributed by atoms with Crippen LogP contribution in [-0.2, 0) is 9.59 Å². The Bertz CT molecular complexity index is 1060. The van der Waals surface area contributed by atoms with Crippen LogP contribution in [0.1, 0.15) is 43.6 Å². The number of nitrogens with one attached hydrogen (secondary N) is 2. The monoisotopic (exact) mass is 473 g/mol. The molecule has 1 saturated carbocycles. The fourth-order valence-electron chi connectivity index (χ4n) is 5.31. The summed E-state index contributed by atoms with van der Waals surface area (Å²) in [7, 11) is 5.76. The number of amides is 2. The van der Waals surface area contributed by atoms with E-state index in [9.17, 15) is 9.59 Å². The minimum absolute atomic E-state index is 0.0850. The number of halogens is 3. The zero-order chi connectivity index (χ0) is 23.0. The first kappa shape index (κ1) is 23.1. The Morgan fingerprint density at radius 3 is 2.53 bits per heavy atom. The maximum atomic E-state index is 15.3. The normalized spacial score (nSPS) is 24.4. The number of anilines is 1. The predicted molar refractivity (Wildman–Crippen MR) is 125 cm³/mol. The molecule has 0 aromatic heterocycles. The molecule has 4 rings (SSSR count). The minimum Gasteiger partial charge on any atom is -0.368 e. The van der Waals surface area contributed by atoms with Crippen molar-refractivity contribution in [3.05, 3.63) is 57.8 Å². The van der Waals surface area contributed by atoms with Crippen molar-refractivity contribution in [2.24, 2.45) is 11.7 Å². The summed E-state index contributed by atoms with van der Waals surface area (Å²) < 4.78 is 15.3. The molecule has 1 aliphatic carbocycles. The Hall–Kier alpha value is -2.09. The van der Waals surface area contributed by atoms with Crippen LogP contribution in [0, 0.1) is 11.7 Å². The molecule has 4 N–H and O–H groups in total. The quantitative estimate of drug-likeness (QED) is 0.595. The van der Waals surface area contributed by atoms with Gasteiger partial charge in [0.1, 0.15) is 13.7 Å². The van der Waals surface area contributed by atoms with Gasteiger partial charge in [-0.2, -0.15) is 0 Å². The van der Waals surface area contributed by atoms with E-state index in [-0.39, 0.29) is 22.0 Å². The number of carbonyl (C=O) groups is 2. The molecule has 1 spiro atoms. The molecule has 2 aliphatic rings. The highest BCUT2D eigenvalue weighted by molar-refractivity contribution is 6.45. The standard InChI is InChI=1S/C23H23BCl2FN3O2/c24-15-8-7-14(19(27)18(15)26)16-17(22(32)29-13-6-4-5-12(25)11-13)23(9-2-1-3-10-23)30-20(16)21(28)31/h4-8,11,16-17,20,30H,1-3,9-10H2,(H2,28,31)(H,29,32)/t16?,17?,20-/m1/s1. The molecular formula is C23H23BCl2FN3O2. The highest BCUT2D eigenvalue weighted by Gasteiger charge is 2.58. The molecule has 1 aliphatic heterocycles. The van der Waals surface area contributed by atoms with Gasteiger partial charge in [0, 0.05) is 22.2 Å². The van der Waals surface area contributed by atoms with Crippen LogP contribution in [-0.4, -0.2) is 31.2 Å². The number of primary amides is 1. The SMILES string of the molecule is [B]c1ccc(C2C(C(=O)Nc3cccc(Cl)c3)C3(CCCCC3)N[C@H]2C(N)=O)c(F)c1Cl. The van der Waals surface area contributed by atoms with Gasteiger partial charge in [0.05, 0.1) is 17.0 Å². The van der Waals surface area contributed by atoms with Gasteiger partial charge in [-0.1, -0.05) is 66.1 Å². The van der Waals surface area contributed by atoms with Crippen LogP contribution < -0.4 is 21.8 Å². The molecule has 0 bridgehead atoms. The smallest absolute Gasteiger partial charge is 0.235 e. The summed E-state index contributed by atoms with van der Waals surface area (Å²) in [6.07, 6.45) is 4.14. The van der Waals surface area contributed by atoms with Crippen molar-refractivity contribution in [3.63, 3.8) is 0 Å². The van der Waals surface area contributed by atoms with Gasteiger partial charge < -0.3 is 11.1 Å². The van der Waals surface area contributed by atoms with Crippen molar-refractivity contribution in [1.29, 1.82) is 0 Å². The van der Waals surface area contributed by atoms with Gasteiger partial charge in [0.2, 0.25) is 11.8 Å². The zero-order valence-corrected chi connectivity index (χ0v) is 18.8. The first-order chi connectivity index (χ1) is 15.2. The minimum atomic E-state index is -0.933. The average molecular weight is 474 g/mol. The Morgan fingerprint density at radius 2 is 1.88 bits per heavy atom. The fraction of sp³-hybridized carbons (Fsp3) is 0.391. The average Bonchev–Trinajstić information content (AvgIpc) is 3.07. The van der Waals surface area contributed by atoms with Gasteiger partial charge in [-0.05, 0) is 36.6 Å². The summed E-state index contributed by atoms with van der Waals surface area (Å²) in [5.74, 6) is -3.32. The Morgan fingerprint density at radius 1 is 1.16 bits per heavy atom. The lowest BCUT2D eigenvalue weighted by Crippen LogP contribution is -2.53. The van der Waals surface area contributed by atoms with E-state index in [1.165, 1.54) is 12.1 Å². The van der Waals surface area contributed by atoms with Crippen LogP contribution in [0.25, 0.3) is 0 Å². The third-order valence-electron chi connectivity index (χ3n) is 6.68. The summed E-state index contributed by atoms with van der Waals surface area (Å²) in [6.45, 7) is 0. The van der Waals surface area contributed by atoms with Gasteiger partial charge in [0.25, 0.3) is 0 Å². The van der Waals surface area contributed by atoms with E-state index in [0.717, 1.165) is 19.3 Å². The van der Waals surface area contributed by atoms with Gasteiger partial charge >= 0.3 is 0 Å². The molecule has 2 radical (unpaired) electrons. The Labute approximate surface area is 197 Å². The Balaban J connectivity index is 1.82. The lowest BCUT2D eigenvalue weighted by atomic mass is 9.68. The van der Waals surface area contributed by atoms with Gasteiger partial charge in [-0.25, -0.2) is 4.39 Å².